The van der Waals surface area contributed by atoms with Gasteiger partial charge in [0, 0.05) is 11.0 Å². The molecule has 90 valence electrons. The molecule has 0 radical (unpaired) electrons. The maximum absolute atomic E-state index is 11.7. The summed E-state index contributed by atoms with van der Waals surface area (Å²) in [6.45, 7) is 2.59. The van der Waals surface area contributed by atoms with Gasteiger partial charge in [-0.05, 0) is 44.3 Å². The third kappa shape index (κ3) is 4.35. The highest BCUT2D eigenvalue weighted by atomic mass is 79.9. The van der Waals surface area contributed by atoms with Gasteiger partial charge >= 0.3 is 0 Å². The lowest BCUT2D eigenvalue weighted by molar-refractivity contribution is 0.0957. The molecule has 16 heavy (non-hydrogen) atoms. The van der Waals surface area contributed by atoms with Crippen LogP contribution in [0.5, 0.6) is 0 Å². The standard InChI is InChI=1S/C10H12Br2ClNOS/c1-2-3-6(13)5-14-10(15)8-4-7(11)9(12)16-8/h4,6H,2-3,5H2,1H3,(H,14,15). The smallest absolute Gasteiger partial charge is 0.261 e. The predicted molar refractivity (Wildman–Crippen MR) is 76.6 cm³/mol. The molecular formula is C10H12Br2ClNOS. The molecule has 1 N–H and O–H groups in total. The van der Waals surface area contributed by atoms with Crippen molar-refractivity contribution in [2.45, 2.75) is 25.1 Å². The van der Waals surface area contributed by atoms with Crippen molar-refractivity contribution in [2.24, 2.45) is 0 Å². The van der Waals surface area contributed by atoms with Crippen molar-refractivity contribution < 1.29 is 4.79 Å². The minimum atomic E-state index is -0.0712. The van der Waals surface area contributed by atoms with Crippen LogP contribution in [0.25, 0.3) is 0 Å². The van der Waals surface area contributed by atoms with Gasteiger partial charge in [0.15, 0.2) is 0 Å². The molecule has 1 unspecified atom stereocenters. The fraction of sp³-hybridized carbons (Fsp3) is 0.500. The molecule has 1 aromatic rings. The molecule has 1 heterocycles. The van der Waals surface area contributed by atoms with Gasteiger partial charge in [0.2, 0.25) is 0 Å². The van der Waals surface area contributed by atoms with E-state index < -0.39 is 0 Å². The number of carbonyl (C=O) groups excluding carboxylic acids is 1. The molecule has 0 aromatic carbocycles. The molecule has 0 saturated heterocycles. The minimum Gasteiger partial charge on any atom is -0.350 e. The van der Waals surface area contributed by atoms with Gasteiger partial charge in [0.05, 0.1) is 14.0 Å². The molecule has 1 atom stereocenters. The summed E-state index contributed by atoms with van der Waals surface area (Å²) >= 11 is 14.1. The van der Waals surface area contributed by atoms with E-state index in [9.17, 15) is 4.79 Å². The number of alkyl halides is 1. The number of thiophene rings is 1. The first-order valence-electron chi connectivity index (χ1n) is 4.91. The van der Waals surface area contributed by atoms with Crippen LogP contribution in [0.1, 0.15) is 29.4 Å². The van der Waals surface area contributed by atoms with Crippen LogP contribution in [0.15, 0.2) is 14.3 Å². The Kier molecular flexibility index (Phi) is 6.32. The van der Waals surface area contributed by atoms with Gasteiger partial charge in [-0.1, -0.05) is 13.3 Å². The summed E-state index contributed by atoms with van der Waals surface area (Å²) in [6, 6.07) is 1.80. The Morgan fingerprint density at radius 2 is 2.31 bits per heavy atom. The highest BCUT2D eigenvalue weighted by Crippen LogP contribution is 2.32. The summed E-state index contributed by atoms with van der Waals surface area (Å²) < 4.78 is 1.83. The third-order valence-corrected chi connectivity index (χ3v) is 5.58. The van der Waals surface area contributed by atoms with Crippen LogP contribution in [-0.2, 0) is 0 Å². The summed E-state index contributed by atoms with van der Waals surface area (Å²) in [5.74, 6) is -0.0712. The van der Waals surface area contributed by atoms with E-state index >= 15 is 0 Å². The first-order valence-corrected chi connectivity index (χ1v) is 7.75. The highest BCUT2D eigenvalue weighted by Gasteiger charge is 2.13. The molecule has 0 bridgehead atoms. The molecule has 0 aliphatic carbocycles. The van der Waals surface area contributed by atoms with Crippen LogP contribution >= 0.6 is 54.8 Å². The van der Waals surface area contributed by atoms with E-state index in [-0.39, 0.29) is 11.3 Å². The number of nitrogens with one attached hydrogen (secondary N) is 1. The number of rotatable bonds is 5. The van der Waals surface area contributed by atoms with Crippen molar-refractivity contribution in [2.75, 3.05) is 6.54 Å². The summed E-state index contributed by atoms with van der Waals surface area (Å²) in [7, 11) is 0. The zero-order valence-electron chi connectivity index (χ0n) is 8.73. The summed E-state index contributed by atoms with van der Waals surface area (Å²) in [4.78, 5) is 12.4. The summed E-state index contributed by atoms with van der Waals surface area (Å²) in [5, 5.41) is 2.84. The molecule has 1 aromatic heterocycles. The first kappa shape index (κ1) is 14.5. The van der Waals surface area contributed by atoms with E-state index in [1.165, 1.54) is 11.3 Å². The van der Waals surface area contributed by atoms with Gasteiger partial charge in [0.1, 0.15) is 0 Å². The Hall–Kier alpha value is 0.420. The lowest BCUT2D eigenvalue weighted by Gasteiger charge is -2.08. The molecular weight excluding hydrogens is 377 g/mol. The number of hydrogen-bond acceptors (Lipinski definition) is 2. The minimum absolute atomic E-state index is 0.0146. The normalized spacial score (nSPS) is 12.5. The van der Waals surface area contributed by atoms with Crippen LogP contribution in [-0.4, -0.2) is 17.8 Å². The second-order valence-electron chi connectivity index (χ2n) is 3.33. The number of amides is 1. The predicted octanol–water partition coefficient (Wildman–Crippen LogP) is 4.41. The molecule has 0 saturated carbocycles. The van der Waals surface area contributed by atoms with E-state index in [1.807, 2.05) is 0 Å². The molecule has 2 nitrogen and oxygen atoms in total. The van der Waals surface area contributed by atoms with E-state index in [4.69, 9.17) is 11.6 Å². The number of hydrogen-bond donors (Lipinski definition) is 1. The van der Waals surface area contributed by atoms with Gasteiger partial charge in [-0.2, -0.15) is 0 Å². The van der Waals surface area contributed by atoms with E-state index in [2.05, 4.69) is 44.1 Å². The lowest BCUT2D eigenvalue weighted by Crippen LogP contribution is -2.29. The average molecular weight is 390 g/mol. The average Bonchev–Trinajstić information content (AvgIpc) is 2.56. The number of carbonyl (C=O) groups is 1. The SMILES string of the molecule is CCCC(Cl)CNC(=O)c1cc(Br)c(Br)s1. The Bertz CT molecular complexity index is 350. The second-order valence-corrected chi connectivity index (χ2v) is 7.17. The first-order chi connectivity index (χ1) is 7.54. The zero-order chi connectivity index (χ0) is 12.1. The van der Waals surface area contributed by atoms with Crippen molar-refractivity contribution in [3.63, 3.8) is 0 Å². The van der Waals surface area contributed by atoms with Crippen LogP contribution in [0.3, 0.4) is 0 Å². The third-order valence-electron chi connectivity index (χ3n) is 1.95. The Morgan fingerprint density at radius 3 is 2.81 bits per heavy atom. The molecule has 0 fully saturated rings. The van der Waals surface area contributed by atoms with Gasteiger partial charge < -0.3 is 5.32 Å². The second kappa shape index (κ2) is 6.99. The maximum Gasteiger partial charge on any atom is 0.261 e. The maximum atomic E-state index is 11.7. The quantitative estimate of drug-likeness (QED) is 0.743. The fourth-order valence-electron chi connectivity index (χ4n) is 1.16. The molecule has 0 aliphatic rings. The highest BCUT2D eigenvalue weighted by molar-refractivity contribution is 9.13. The van der Waals surface area contributed by atoms with Gasteiger partial charge in [-0.25, -0.2) is 0 Å². The fourth-order valence-corrected chi connectivity index (χ4v) is 3.41. The largest absolute Gasteiger partial charge is 0.350 e. The van der Waals surface area contributed by atoms with Crippen LogP contribution < -0.4 is 5.32 Å². The molecule has 1 amide bonds. The van der Waals surface area contributed by atoms with Crippen LogP contribution in [0, 0.1) is 0 Å². The molecule has 6 heteroatoms. The molecule has 0 spiro atoms. The monoisotopic (exact) mass is 387 g/mol. The number of halogens is 3. The van der Waals surface area contributed by atoms with Gasteiger partial charge in [-0.3, -0.25) is 4.79 Å². The van der Waals surface area contributed by atoms with Crippen LogP contribution in [0.4, 0.5) is 0 Å². The Morgan fingerprint density at radius 1 is 1.62 bits per heavy atom. The lowest BCUT2D eigenvalue weighted by atomic mass is 10.2. The van der Waals surface area contributed by atoms with Crippen molar-refractivity contribution in [3.8, 4) is 0 Å². The Balaban J connectivity index is 2.46. The van der Waals surface area contributed by atoms with Crippen LogP contribution in [0.2, 0.25) is 0 Å². The van der Waals surface area contributed by atoms with Gasteiger partial charge in [-0.15, -0.1) is 22.9 Å². The van der Waals surface area contributed by atoms with E-state index in [1.54, 1.807) is 6.07 Å². The Labute approximate surface area is 121 Å². The van der Waals surface area contributed by atoms with E-state index in [0.717, 1.165) is 21.1 Å². The zero-order valence-corrected chi connectivity index (χ0v) is 13.5. The van der Waals surface area contributed by atoms with E-state index in [0.29, 0.717) is 11.4 Å². The molecule has 1 rings (SSSR count). The van der Waals surface area contributed by atoms with Crippen molar-refractivity contribution in [3.05, 3.63) is 19.2 Å². The van der Waals surface area contributed by atoms with Gasteiger partial charge in [0.25, 0.3) is 5.91 Å². The van der Waals surface area contributed by atoms with Crippen molar-refractivity contribution in [1.82, 2.24) is 5.32 Å². The summed E-state index contributed by atoms with van der Waals surface area (Å²) in [5.41, 5.74) is 0. The van der Waals surface area contributed by atoms with Crippen molar-refractivity contribution >= 4 is 60.7 Å². The summed E-state index contributed by atoms with van der Waals surface area (Å²) in [6.07, 6.45) is 1.94. The molecule has 0 aliphatic heterocycles. The topological polar surface area (TPSA) is 29.1 Å². The van der Waals surface area contributed by atoms with Crippen molar-refractivity contribution in [1.29, 1.82) is 0 Å².